The number of rotatable bonds is 29. The van der Waals surface area contributed by atoms with E-state index in [1.807, 2.05) is 0 Å². The first-order chi connectivity index (χ1) is 18.7. The first-order valence-corrected chi connectivity index (χ1v) is 14.7. The molecule has 0 atom stereocenters. The zero-order valence-electron chi connectivity index (χ0n) is 22.4. The van der Waals surface area contributed by atoms with Crippen LogP contribution in [0.2, 0.25) is 0 Å². The summed E-state index contributed by atoms with van der Waals surface area (Å²) in [4.78, 5) is 10.2. The van der Waals surface area contributed by atoms with E-state index in [9.17, 15) is 10.1 Å². The van der Waals surface area contributed by atoms with Gasteiger partial charge in [-0.2, -0.15) is 0 Å². The predicted octanol–water partition coefficient (Wildman–Crippen LogP) is 4.09. The summed E-state index contributed by atoms with van der Waals surface area (Å²) in [5.74, 6) is 0.564. The Balaban J connectivity index is 1.68. The van der Waals surface area contributed by atoms with Crippen LogP contribution >= 0.6 is 22.6 Å². The maximum atomic E-state index is 10.6. The number of unbranched alkanes of at least 4 members (excludes halogenated alkanes) is 3. The van der Waals surface area contributed by atoms with Crippen molar-refractivity contribution in [1.29, 1.82) is 0 Å². The van der Waals surface area contributed by atoms with Gasteiger partial charge >= 0.3 is 0 Å². The van der Waals surface area contributed by atoms with Crippen LogP contribution in [-0.2, 0) is 33.2 Å². The Bertz CT molecular complexity index is 653. The van der Waals surface area contributed by atoms with Gasteiger partial charge in [-0.1, -0.05) is 35.4 Å². The summed E-state index contributed by atoms with van der Waals surface area (Å²) in [6.45, 7) is 7.85. The fourth-order valence-corrected chi connectivity index (χ4v) is 3.50. The van der Waals surface area contributed by atoms with E-state index >= 15 is 0 Å². The van der Waals surface area contributed by atoms with Crippen LogP contribution in [-0.4, -0.2) is 108 Å². The topological polar surface area (TPSA) is 117 Å². The van der Waals surface area contributed by atoms with E-state index in [0.717, 1.165) is 13.0 Å². The maximum Gasteiger partial charge on any atom is 0.269 e. The van der Waals surface area contributed by atoms with Crippen LogP contribution in [0.5, 0.6) is 5.75 Å². The molecule has 0 unspecified atom stereocenters. The van der Waals surface area contributed by atoms with E-state index in [1.165, 1.54) is 35.8 Å². The molecule has 38 heavy (non-hydrogen) atoms. The van der Waals surface area contributed by atoms with Crippen molar-refractivity contribution in [2.45, 2.75) is 25.7 Å². The zero-order valence-corrected chi connectivity index (χ0v) is 24.5. The highest BCUT2D eigenvalue weighted by Crippen LogP contribution is 2.17. The van der Waals surface area contributed by atoms with Crippen molar-refractivity contribution >= 4 is 28.3 Å². The summed E-state index contributed by atoms with van der Waals surface area (Å²) in [6.07, 6.45) is 4.96. The van der Waals surface area contributed by atoms with Crippen molar-refractivity contribution in [3.63, 3.8) is 0 Å². The van der Waals surface area contributed by atoms with E-state index in [1.54, 1.807) is 12.1 Å². The van der Waals surface area contributed by atoms with Gasteiger partial charge in [-0.25, -0.2) is 0 Å². The zero-order chi connectivity index (χ0) is 27.4. The van der Waals surface area contributed by atoms with Gasteiger partial charge in [0.15, 0.2) is 0 Å². The fourth-order valence-electron chi connectivity index (χ4n) is 2.96. The number of halogens is 1. The van der Waals surface area contributed by atoms with Crippen molar-refractivity contribution < 1.29 is 42.8 Å². The van der Waals surface area contributed by atoms with Gasteiger partial charge in [0.2, 0.25) is 0 Å². The molecule has 0 amide bonds. The number of nitro groups is 1. The number of ether oxygens (including phenoxy) is 8. The summed E-state index contributed by atoms with van der Waals surface area (Å²) in [6, 6.07) is 5.93. The van der Waals surface area contributed by atoms with Gasteiger partial charge in [0, 0.05) is 18.7 Å². The molecule has 0 spiro atoms. The molecule has 0 aliphatic rings. The van der Waals surface area contributed by atoms with E-state index < -0.39 is 4.92 Å². The number of non-ortho nitro benzene ring substituents is 1. The molecular formula is C26H44INO10. The third-order valence-electron chi connectivity index (χ3n) is 4.95. The largest absolute Gasteiger partial charge is 0.491 e. The Hall–Kier alpha value is -1.13. The monoisotopic (exact) mass is 657 g/mol. The lowest BCUT2D eigenvalue weighted by Gasteiger charge is -2.09. The van der Waals surface area contributed by atoms with E-state index in [2.05, 4.69) is 22.6 Å². The molecule has 0 aliphatic heterocycles. The minimum absolute atomic E-state index is 0.0321. The van der Waals surface area contributed by atoms with Gasteiger partial charge in [0.1, 0.15) is 12.4 Å². The molecule has 0 saturated carbocycles. The van der Waals surface area contributed by atoms with E-state index in [4.69, 9.17) is 37.9 Å². The smallest absolute Gasteiger partial charge is 0.269 e. The van der Waals surface area contributed by atoms with E-state index in [-0.39, 0.29) is 5.69 Å². The summed E-state index contributed by atoms with van der Waals surface area (Å²) in [5.41, 5.74) is 0.0321. The minimum Gasteiger partial charge on any atom is -0.491 e. The van der Waals surface area contributed by atoms with Crippen LogP contribution < -0.4 is 4.74 Å². The molecule has 1 aromatic carbocycles. The van der Waals surface area contributed by atoms with Gasteiger partial charge < -0.3 is 37.9 Å². The second-order valence-electron chi connectivity index (χ2n) is 7.99. The highest BCUT2D eigenvalue weighted by molar-refractivity contribution is 14.1. The Morgan fingerprint density at radius 3 is 1.29 bits per heavy atom. The molecule has 0 aliphatic carbocycles. The van der Waals surface area contributed by atoms with Crippen molar-refractivity contribution in [1.82, 2.24) is 0 Å². The van der Waals surface area contributed by atoms with Gasteiger partial charge in [-0.3, -0.25) is 10.1 Å². The first-order valence-electron chi connectivity index (χ1n) is 13.2. The standard InChI is InChI=1S/C26H44INO10/c27-9-3-1-2-4-10-31-11-12-32-13-14-33-15-16-34-17-18-35-19-20-36-21-22-37-23-24-38-26-7-5-25(6-8-26)28(29)30/h5-8H,1-4,9-24H2. The Labute approximate surface area is 240 Å². The second-order valence-corrected chi connectivity index (χ2v) is 9.07. The number of nitrogens with zero attached hydrogens (tertiary/aromatic N) is 1. The number of benzene rings is 1. The first kappa shape index (κ1) is 34.9. The van der Waals surface area contributed by atoms with Crippen molar-refractivity contribution in [2.24, 2.45) is 0 Å². The molecule has 0 heterocycles. The maximum absolute atomic E-state index is 10.6. The van der Waals surface area contributed by atoms with Crippen LogP contribution in [0.25, 0.3) is 0 Å². The van der Waals surface area contributed by atoms with Crippen LogP contribution in [0.15, 0.2) is 24.3 Å². The van der Waals surface area contributed by atoms with Crippen LogP contribution in [0, 0.1) is 10.1 Å². The molecule has 0 saturated heterocycles. The molecular weight excluding hydrogens is 613 g/mol. The third-order valence-corrected chi connectivity index (χ3v) is 5.71. The third kappa shape index (κ3) is 22.8. The normalized spacial score (nSPS) is 11.2. The van der Waals surface area contributed by atoms with Gasteiger partial charge in [0.25, 0.3) is 5.69 Å². The van der Waals surface area contributed by atoms with Crippen molar-refractivity contribution in [3.05, 3.63) is 34.4 Å². The van der Waals surface area contributed by atoms with Crippen molar-refractivity contribution in [2.75, 3.05) is 104 Å². The average molecular weight is 658 g/mol. The molecule has 12 heteroatoms. The molecule has 11 nitrogen and oxygen atoms in total. The SMILES string of the molecule is O=[N+]([O-])c1ccc(OCCOCCOCCOCCOCCOCCOCCOCCCCCCI)cc1. The van der Waals surface area contributed by atoms with Crippen LogP contribution in [0.1, 0.15) is 25.7 Å². The molecule has 0 aromatic heterocycles. The number of alkyl halides is 1. The molecule has 0 N–H and O–H groups in total. The highest BCUT2D eigenvalue weighted by atomic mass is 127. The van der Waals surface area contributed by atoms with Crippen molar-refractivity contribution in [3.8, 4) is 5.75 Å². The van der Waals surface area contributed by atoms with Gasteiger partial charge in [-0.05, 0) is 29.4 Å². The molecule has 220 valence electrons. The summed E-state index contributed by atoms with van der Waals surface area (Å²) in [5, 5.41) is 10.6. The number of hydrogen-bond donors (Lipinski definition) is 0. The second kappa shape index (κ2) is 27.4. The van der Waals surface area contributed by atoms with Crippen LogP contribution in [0.4, 0.5) is 5.69 Å². The molecule has 0 radical (unpaired) electrons. The summed E-state index contributed by atoms with van der Waals surface area (Å²) >= 11 is 2.41. The average Bonchev–Trinajstić information content (AvgIpc) is 2.93. The number of nitro benzene ring substituents is 1. The lowest BCUT2D eigenvalue weighted by atomic mass is 10.2. The number of hydrogen-bond acceptors (Lipinski definition) is 10. The van der Waals surface area contributed by atoms with Gasteiger partial charge in [0.05, 0.1) is 90.8 Å². The highest BCUT2D eigenvalue weighted by Gasteiger charge is 2.04. The Morgan fingerprint density at radius 1 is 0.526 bits per heavy atom. The quantitative estimate of drug-likeness (QED) is 0.0410. The van der Waals surface area contributed by atoms with E-state index in [0.29, 0.717) is 98.2 Å². The van der Waals surface area contributed by atoms with Crippen LogP contribution in [0.3, 0.4) is 0 Å². The van der Waals surface area contributed by atoms with Gasteiger partial charge in [-0.15, -0.1) is 0 Å². The molecule has 0 fully saturated rings. The summed E-state index contributed by atoms with van der Waals surface area (Å²) < 4.78 is 44.9. The molecule has 1 rings (SSSR count). The molecule has 1 aromatic rings. The predicted molar refractivity (Wildman–Crippen MR) is 152 cm³/mol. The lowest BCUT2D eigenvalue weighted by Crippen LogP contribution is -2.15. The summed E-state index contributed by atoms with van der Waals surface area (Å²) in [7, 11) is 0. The lowest BCUT2D eigenvalue weighted by molar-refractivity contribution is -0.384. The fraction of sp³-hybridized carbons (Fsp3) is 0.769. The Morgan fingerprint density at radius 2 is 0.895 bits per heavy atom. The minimum atomic E-state index is -0.448. The Kier molecular flexibility index (Phi) is 25.2. The molecule has 0 bridgehead atoms.